The van der Waals surface area contributed by atoms with Crippen molar-refractivity contribution in [2.45, 2.75) is 30.4 Å². The number of thioether (sulfide) groups is 1. The van der Waals surface area contributed by atoms with E-state index in [1.165, 1.54) is 17.3 Å². The maximum Gasteiger partial charge on any atom is 0.262 e. The Morgan fingerprint density at radius 2 is 1.76 bits per heavy atom. The fraction of sp³-hybridized carbons (Fsp3) is 0.400. The van der Waals surface area contributed by atoms with E-state index in [0.29, 0.717) is 42.3 Å². The summed E-state index contributed by atoms with van der Waals surface area (Å²) in [5, 5.41) is 0.790. The standard InChI is InChI=1S/C25H30N4O3S/c1-19(23(30)28-14-12-27(13-15-28)18-20-8-4-3-5-9-20)33-25-26-22-11-7-6-10-21(22)24(31)29(25)16-17-32-2/h3-11,19H,12-18H2,1-2H3. The van der Waals surface area contributed by atoms with E-state index in [9.17, 15) is 9.59 Å². The van der Waals surface area contributed by atoms with Crippen LogP contribution in [0.4, 0.5) is 0 Å². The van der Waals surface area contributed by atoms with Gasteiger partial charge >= 0.3 is 0 Å². The first kappa shape index (κ1) is 23.5. The van der Waals surface area contributed by atoms with Gasteiger partial charge in [-0.2, -0.15) is 0 Å². The molecule has 1 unspecified atom stereocenters. The van der Waals surface area contributed by atoms with Gasteiger partial charge in [0, 0.05) is 39.8 Å². The predicted octanol–water partition coefficient (Wildman–Crippen LogP) is 2.87. The number of fused-ring (bicyclic) bond motifs is 1. The minimum atomic E-state index is -0.340. The van der Waals surface area contributed by atoms with Crippen LogP contribution in [0.15, 0.2) is 64.5 Å². The van der Waals surface area contributed by atoms with Crippen LogP contribution in [0.1, 0.15) is 12.5 Å². The molecule has 1 aliphatic rings. The van der Waals surface area contributed by atoms with E-state index in [1.54, 1.807) is 17.7 Å². The van der Waals surface area contributed by atoms with Crippen molar-refractivity contribution in [3.05, 3.63) is 70.5 Å². The Kier molecular flexibility index (Phi) is 7.80. The van der Waals surface area contributed by atoms with Crippen LogP contribution in [0.5, 0.6) is 0 Å². The van der Waals surface area contributed by atoms with Crippen LogP contribution in [-0.2, 0) is 22.6 Å². The Morgan fingerprint density at radius 3 is 2.48 bits per heavy atom. The summed E-state index contributed by atoms with van der Waals surface area (Å²) in [6, 6.07) is 17.7. The van der Waals surface area contributed by atoms with Gasteiger partial charge in [0.2, 0.25) is 5.91 Å². The van der Waals surface area contributed by atoms with Crippen LogP contribution >= 0.6 is 11.8 Å². The summed E-state index contributed by atoms with van der Waals surface area (Å²) in [6.07, 6.45) is 0. The lowest BCUT2D eigenvalue weighted by Gasteiger charge is -2.35. The van der Waals surface area contributed by atoms with Crippen LogP contribution in [0.3, 0.4) is 0 Å². The van der Waals surface area contributed by atoms with Crippen molar-refractivity contribution in [3.63, 3.8) is 0 Å². The van der Waals surface area contributed by atoms with Crippen LogP contribution in [0.25, 0.3) is 10.9 Å². The molecule has 0 radical (unpaired) electrons. The van der Waals surface area contributed by atoms with Crippen molar-refractivity contribution >= 4 is 28.6 Å². The molecule has 0 saturated carbocycles. The zero-order chi connectivity index (χ0) is 23.2. The van der Waals surface area contributed by atoms with Gasteiger partial charge in [-0.1, -0.05) is 54.2 Å². The van der Waals surface area contributed by atoms with E-state index in [0.717, 1.165) is 19.6 Å². The average molecular weight is 467 g/mol. The quantitative estimate of drug-likeness (QED) is 0.376. The number of carbonyl (C=O) groups excluding carboxylic acids is 1. The molecule has 174 valence electrons. The normalized spacial score (nSPS) is 15.6. The first-order valence-corrected chi connectivity index (χ1v) is 12.1. The Hall–Kier alpha value is -2.68. The van der Waals surface area contributed by atoms with Crippen LogP contribution in [0.2, 0.25) is 0 Å². The fourth-order valence-corrected chi connectivity index (χ4v) is 5.07. The van der Waals surface area contributed by atoms with Crippen molar-refractivity contribution in [3.8, 4) is 0 Å². The van der Waals surface area contributed by atoms with Crippen molar-refractivity contribution in [1.82, 2.24) is 19.4 Å². The van der Waals surface area contributed by atoms with Gasteiger partial charge in [-0.05, 0) is 24.6 Å². The van der Waals surface area contributed by atoms with E-state index < -0.39 is 0 Å². The highest BCUT2D eigenvalue weighted by molar-refractivity contribution is 8.00. The van der Waals surface area contributed by atoms with Gasteiger partial charge in [0.1, 0.15) is 0 Å². The lowest BCUT2D eigenvalue weighted by molar-refractivity contribution is -0.132. The lowest BCUT2D eigenvalue weighted by Crippen LogP contribution is -2.50. The Morgan fingerprint density at radius 1 is 1.06 bits per heavy atom. The largest absolute Gasteiger partial charge is 0.383 e. The molecule has 7 nitrogen and oxygen atoms in total. The van der Waals surface area contributed by atoms with Gasteiger partial charge in [-0.25, -0.2) is 4.98 Å². The Balaban J connectivity index is 1.43. The number of carbonyl (C=O) groups is 1. The van der Waals surface area contributed by atoms with Crippen molar-refractivity contribution < 1.29 is 9.53 Å². The number of methoxy groups -OCH3 is 1. The van der Waals surface area contributed by atoms with E-state index in [4.69, 9.17) is 9.72 Å². The zero-order valence-electron chi connectivity index (χ0n) is 19.1. The molecule has 2 heterocycles. The number of hydrogen-bond donors (Lipinski definition) is 0. The molecule has 1 aliphatic heterocycles. The van der Waals surface area contributed by atoms with Crippen molar-refractivity contribution in [2.75, 3.05) is 39.9 Å². The van der Waals surface area contributed by atoms with E-state index in [-0.39, 0.29) is 16.7 Å². The van der Waals surface area contributed by atoms with Gasteiger partial charge in [0.25, 0.3) is 5.56 Å². The first-order valence-electron chi connectivity index (χ1n) is 11.3. The van der Waals surface area contributed by atoms with Crippen LogP contribution in [0, 0.1) is 0 Å². The molecule has 0 bridgehead atoms. The number of benzene rings is 2. The minimum absolute atomic E-state index is 0.0834. The summed E-state index contributed by atoms with van der Waals surface area (Å²) in [6.45, 7) is 6.71. The summed E-state index contributed by atoms with van der Waals surface area (Å²) in [5.41, 5.74) is 1.83. The molecule has 1 fully saturated rings. The molecule has 0 N–H and O–H groups in total. The number of rotatable bonds is 8. The number of ether oxygens (including phenoxy) is 1. The predicted molar refractivity (Wildman–Crippen MR) is 131 cm³/mol. The molecule has 33 heavy (non-hydrogen) atoms. The number of hydrogen-bond acceptors (Lipinski definition) is 6. The van der Waals surface area contributed by atoms with E-state index in [1.807, 2.05) is 36.1 Å². The third-order valence-electron chi connectivity index (χ3n) is 5.91. The second kappa shape index (κ2) is 11.0. The lowest BCUT2D eigenvalue weighted by atomic mass is 10.2. The maximum absolute atomic E-state index is 13.2. The highest BCUT2D eigenvalue weighted by Gasteiger charge is 2.27. The summed E-state index contributed by atoms with van der Waals surface area (Å²) in [4.78, 5) is 35.2. The van der Waals surface area contributed by atoms with Gasteiger partial charge in [0.15, 0.2) is 5.16 Å². The second-order valence-electron chi connectivity index (χ2n) is 8.21. The molecule has 2 aromatic carbocycles. The Bertz CT molecular complexity index is 1140. The SMILES string of the molecule is COCCn1c(SC(C)C(=O)N2CCN(Cc3ccccc3)CC2)nc2ccccc2c1=O. The summed E-state index contributed by atoms with van der Waals surface area (Å²) in [7, 11) is 1.61. The smallest absolute Gasteiger partial charge is 0.262 e. The zero-order valence-corrected chi connectivity index (χ0v) is 20.0. The van der Waals surface area contributed by atoms with Gasteiger partial charge in [-0.3, -0.25) is 19.1 Å². The van der Waals surface area contributed by atoms with Gasteiger partial charge in [-0.15, -0.1) is 0 Å². The van der Waals surface area contributed by atoms with Gasteiger partial charge < -0.3 is 9.64 Å². The molecule has 1 atom stereocenters. The molecular formula is C25H30N4O3S. The fourth-order valence-electron chi connectivity index (χ4n) is 4.05. The molecule has 8 heteroatoms. The minimum Gasteiger partial charge on any atom is -0.383 e. The highest BCUT2D eigenvalue weighted by atomic mass is 32.2. The summed E-state index contributed by atoms with van der Waals surface area (Å²) in [5.74, 6) is 0.0834. The molecular weight excluding hydrogens is 436 g/mol. The number of aromatic nitrogens is 2. The van der Waals surface area contributed by atoms with E-state index >= 15 is 0 Å². The molecule has 1 aromatic heterocycles. The number of nitrogens with zero attached hydrogens (tertiary/aromatic N) is 4. The number of piperazine rings is 1. The van der Waals surface area contributed by atoms with Crippen LogP contribution in [-0.4, -0.2) is 70.4 Å². The van der Waals surface area contributed by atoms with Crippen molar-refractivity contribution in [1.29, 1.82) is 0 Å². The number of para-hydroxylation sites is 1. The van der Waals surface area contributed by atoms with Gasteiger partial charge in [0.05, 0.1) is 29.3 Å². The van der Waals surface area contributed by atoms with Crippen molar-refractivity contribution in [2.24, 2.45) is 0 Å². The topological polar surface area (TPSA) is 67.7 Å². The highest BCUT2D eigenvalue weighted by Crippen LogP contribution is 2.24. The molecule has 1 amide bonds. The Labute approximate surface area is 198 Å². The molecule has 0 aliphatic carbocycles. The third kappa shape index (κ3) is 5.63. The third-order valence-corrected chi connectivity index (χ3v) is 6.99. The monoisotopic (exact) mass is 466 g/mol. The number of amides is 1. The van der Waals surface area contributed by atoms with Crippen LogP contribution < -0.4 is 5.56 Å². The second-order valence-corrected chi connectivity index (χ2v) is 9.52. The molecule has 1 saturated heterocycles. The van der Waals surface area contributed by atoms with E-state index in [2.05, 4.69) is 29.2 Å². The summed E-state index contributed by atoms with van der Waals surface area (Å²) < 4.78 is 6.81. The average Bonchev–Trinajstić information content (AvgIpc) is 2.84. The molecule has 3 aromatic rings. The molecule has 4 rings (SSSR count). The first-order chi connectivity index (χ1) is 16.1. The molecule has 0 spiro atoms. The maximum atomic E-state index is 13.2. The summed E-state index contributed by atoms with van der Waals surface area (Å²) >= 11 is 1.35.